The van der Waals surface area contributed by atoms with Gasteiger partial charge in [0.1, 0.15) is 0 Å². The van der Waals surface area contributed by atoms with Gasteiger partial charge in [0.15, 0.2) is 11.0 Å². The van der Waals surface area contributed by atoms with Gasteiger partial charge in [-0.1, -0.05) is 60.3 Å². The van der Waals surface area contributed by atoms with Crippen molar-refractivity contribution >= 4 is 17.7 Å². The number of hydrogen-bond acceptors (Lipinski definition) is 6. The molecule has 1 aliphatic rings. The summed E-state index contributed by atoms with van der Waals surface area (Å²) in [5.41, 5.74) is 1.95. The fourth-order valence-electron chi connectivity index (χ4n) is 3.79. The van der Waals surface area contributed by atoms with Gasteiger partial charge in [0, 0.05) is 36.4 Å². The number of carbonyl (C=O) groups is 1. The molecule has 0 radical (unpaired) electrons. The van der Waals surface area contributed by atoms with Gasteiger partial charge in [0.05, 0.1) is 19.0 Å². The summed E-state index contributed by atoms with van der Waals surface area (Å²) in [6.45, 7) is 7.51. The first-order valence-corrected chi connectivity index (χ1v) is 11.9. The monoisotopic (exact) mass is 451 g/mol. The summed E-state index contributed by atoms with van der Waals surface area (Å²) < 4.78 is 7.44. The van der Waals surface area contributed by atoms with E-state index in [-0.39, 0.29) is 23.7 Å². The number of ether oxygens (including phenoxy) is 1. The second kappa shape index (κ2) is 10.8. The number of nitrogens with one attached hydrogen (secondary N) is 1. The molecule has 32 heavy (non-hydrogen) atoms. The van der Waals surface area contributed by atoms with Crippen LogP contribution in [0.15, 0.2) is 65.8 Å². The van der Waals surface area contributed by atoms with Crippen LogP contribution in [-0.4, -0.2) is 69.7 Å². The normalized spacial score (nSPS) is 16.4. The summed E-state index contributed by atoms with van der Waals surface area (Å²) in [7, 11) is 0. The maximum Gasteiger partial charge on any atom is 0.230 e. The first-order valence-electron chi connectivity index (χ1n) is 10.9. The van der Waals surface area contributed by atoms with Gasteiger partial charge in [0.25, 0.3) is 0 Å². The summed E-state index contributed by atoms with van der Waals surface area (Å²) in [5, 5.41) is 12.7. The van der Waals surface area contributed by atoms with Crippen LogP contribution in [0.4, 0.5) is 0 Å². The van der Waals surface area contributed by atoms with Gasteiger partial charge in [-0.2, -0.15) is 0 Å². The highest BCUT2D eigenvalue weighted by atomic mass is 32.2. The molecule has 2 heterocycles. The van der Waals surface area contributed by atoms with E-state index in [9.17, 15) is 4.79 Å². The van der Waals surface area contributed by atoms with Crippen LogP contribution in [0.2, 0.25) is 0 Å². The molecule has 1 amide bonds. The van der Waals surface area contributed by atoms with Crippen molar-refractivity contribution in [3.63, 3.8) is 0 Å². The number of nitrogens with zero attached hydrogens (tertiary/aromatic N) is 4. The van der Waals surface area contributed by atoms with E-state index in [0.29, 0.717) is 5.16 Å². The summed E-state index contributed by atoms with van der Waals surface area (Å²) >= 11 is 1.40. The van der Waals surface area contributed by atoms with Crippen molar-refractivity contribution in [3.8, 4) is 17.1 Å². The van der Waals surface area contributed by atoms with E-state index in [1.54, 1.807) is 0 Å². The lowest BCUT2D eigenvalue weighted by molar-refractivity contribution is -0.119. The summed E-state index contributed by atoms with van der Waals surface area (Å²) in [4.78, 5) is 15.1. The Morgan fingerprint density at radius 2 is 1.69 bits per heavy atom. The third kappa shape index (κ3) is 5.38. The maximum atomic E-state index is 12.7. The predicted octanol–water partition coefficient (Wildman–Crippen LogP) is 3.25. The van der Waals surface area contributed by atoms with Crippen LogP contribution in [0.5, 0.6) is 0 Å². The zero-order valence-electron chi connectivity index (χ0n) is 18.5. The van der Waals surface area contributed by atoms with Crippen LogP contribution >= 0.6 is 11.8 Å². The molecule has 1 aliphatic heterocycles. The van der Waals surface area contributed by atoms with E-state index in [2.05, 4.69) is 34.3 Å². The number of amides is 1. The molecule has 0 spiro atoms. The molecular formula is C24H29N5O2S. The Kier molecular flexibility index (Phi) is 7.57. The molecular weight excluding hydrogens is 422 g/mol. The van der Waals surface area contributed by atoms with Crippen LogP contribution in [0.25, 0.3) is 17.1 Å². The number of hydrogen-bond donors (Lipinski definition) is 1. The highest BCUT2D eigenvalue weighted by Gasteiger charge is 2.24. The van der Waals surface area contributed by atoms with E-state index in [0.717, 1.165) is 43.4 Å². The Morgan fingerprint density at radius 3 is 2.38 bits per heavy atom. The minimum absolute atomic E-state index is 0.00789. The van der Waals surface area contributed by atoms with Crippen LogP contribution in [0, 0.1) is 0 Å². The summed E-state index contributed by atoms with van der Waals surface area (Å²) in [6.07, 6.45) is 0. The number of thioether (sulfide) groups is 1. The smallest absolute Gasteiger partial charge is 0.230 e. The molecule has 2 atom stereocenters. The number of rotatable bonds is 8. The topological polar surface area (TPSA) is 72.3 Å². The number of morpholine rings is 1. The molecule has 2 aromatic carbocycles. The molecule has 2 unspecified atom stereocenters. The largest absolute Gasteiger partial charge is 0.379 e. The van der Waals surface area contributed by atoms with Crippen LogP contribution < -0.4 is 5.32 Å². The van der Waals surface area contributed by atoms with Gasteiger partial charge >= 0.3 is 0 Å². The first-order chi connectivity index (χ1) is 15.6. The Balaban J connectivity index is 1.45. The van der Waals surface area contributed by atoms with Crippen molar-refractivity contribution in [1.82, 2.24) is 25.0 Å². The van der Waals surface area contributed by atoms with Gasteiger partial charge in [-0.3, -0.25) is 14.3 Å². The Hall–Kier alpha value is -2.68. The van der Waals surface area contributed by atoms with Gasteiger partial charge in [-0.05, 0) is 26.0 Å². The lowest BCUT2D eigenvalue weighted by Crippen LogP contribution is -2.52. The van der Waals surface area contributed by atoms with Crippen molar-refractivity contribution in [2.24, 2.45) is 0 Å². The van der Waals surface area contributed by atoms with Gasteiger partial charge in [-0.25, -0.2) is 0 Å². The molecule has 168 valence electrons. The van der Waals surface area contributed by atoms with Crippen LogP contribution in [0.3, 0.4) is 0 Å². The molecule has 0 saturated carbocycles. The zero-order valence-corrected chi connectivity index (χ0v) is 19.3. The fourth-order valence-corrected chi connectivity index (χ4v) is 4.56. The molecule has 0 bridgehead atoms. The van der Waals surface area contributed by atoms with E-state index in [1.165, 1.54) is 11.8 Å². The van der Waals surface area contributed by atoms with Crippen molar-refractivity contribution in [3.05, 3.63) is 60.7 Å². The SMILES string of the molecule is CC(NC(=O)CSc1nnc(-c2ccccc2)n1-c1ccccc1)C(C)N1CCOCC1. The van der Waals surface area contributed by atoms with E-state index in [4.69, 9.17) is 4.74 Å². The minimum Gasteiger partial charge on any atom is -0.379 e. The first kappa shape index (κ1) is 22.5. The number of benzene rings is 2. The fraction of sp³-hybridized carbons (Fsp3) is 0.375. The molecule has 0 aliphatic carbocycles. The molecule has 1 aromatic heterocycles. The third-order valence-electron chi connectivity index (χ3n) is 5.75. The minimum atomic E-state index is -0.00789. The number of carbonyl (C=O) groups excluding carboxylic acids is 1. The van der Waals surface area contributed by atoms with Crippen LogP contribution in [0.1, 0.15) is 13.8 Å². The average molecular weight is 452 g/mol. The molecule has 1 N–H and O–H groups in total. The van der Waals surface area contributed by atoms with E-state index in [1.807, 2.05) is 65.2 Å². The van der Waals surface area contributed by atoms with Crippen molar-refractivity contribution in [2.45, 2.75) is 31.1 Å². The molecule has 8 heteroatoms. The Labute approximate surface area is 193 Å². The number of para-hydroxylation sites is 1. The highest BCUT2D eigenvalue weighted by molar-refractivity contribution is 7.99. The molecule has 7 nitrogen and oxygen atoms in total. The second-order valence-corrected chi connectivity index (χ2v) is 8.82. The second-order valence-electron chi connectivity index (χ2n) is 7.88. The summed E-state index contributed by atoms with van der Waals surface area (Å²) in [5.74, 6) is 1.03. The molecule has 1 fully saturated rings. The Bertz CT molecular complexity index is 1010. The van der Waals surface area contributed by atoms with Gasteiger partial charge < -0.3 is 10.1 Å². The van der Waals surface area contributed by atoms with Gasteiger partial charge in [-0.15, -0.1) is 10.2 Å². The predicted molar refractivity (Wildman–Crippen MR) is 127 cm³/mol. The lowest BCUT2D eigenvalue weighted by Gasteiger charge is -2.35. The lowest BCUT2D eigenvalue weighted by atomic mass is 10.1. The van der Waals surface area contributed by atoms with E-state index < -0.39 is 0 Å². The maximum absolute atomic E-state index is 12.7. The Morgan fingerprint density at radius 1 is 1.03 bits per heavy atom. The zero-order chi connectivity index (χ0) is 22.3. The molecule has 4 rings (SSSR count). The standard InChI is InChI=1S/C24H29N5O2S/c1-18(19(2)28-13-15-31-16-14-28)25-22(30)17-32-24-27-26-23(20-9-5-3-6-10-20)29(24)21-11-7-4-8-12-21/h3-12,18-19H,13-17H2,1-2H3,(H,25,30). The third-order valence-corrected chi connectivity index (χ3v) is 6.67. The van der Waals surface area contributed by atoms with Crippen molar-refractivity contribution in [1.29, 1.82) is 0 Å². The highest BCUT2D eigenvalue weighted by Crippen LogP contribution is 2.27. The summed E-state index contributed by atoms with van der Waals surface area (Å²) in [6, 6.07) is 20.3. The van der Waals surface area contributed by atoms with Crippen LogP contribution in [-0.2, 0) is 9.53 Å². The molecule has 1 saturated heterocycles. The average Bonchev–Trinajstić information content (AvgIpc) is 3.28. The quantitative estimate of drug-likeness (QED) is 0.530. The number of aromatic nitrogens is 3. The van der Waals surface area contributed by atoms with Gasteiger partial charge in [0.2, 0.25) is 5.91 Å². The van der Waals surface area contributed by atoms with E-state index >= 15 is 0 Å². The van der Waals surface area contributed by atoms with Crippen molar-refractivity contribution in [2.75, 3.05) is 32.1 Å². The molecule has 3 aromatic rings. The van der Waals surface area contributed by atoms with Crippen molar-refractivity contribution < 1.29 is 9.53 Å².